The topological polar surface area (TPSA) is 75.7 Å². The highest BCUT2D eigenvalue weighted by molar-refractivity contribution is 7.89. The quantitative estimate of drug-likeness (QED) is 0.743. The molecule has 1 aliphatic heterocycles. The Morgan fingerprint density at radius 1 is 1.18 bits per heavy atom. The van der Waals surface area contributed by atoms with Crippen molar-refractivity contribution in [2.75, 3.05) is 13.2 Å². The van der Waals surface area contributed by atoms with Crippen molar-refractivity contribution < 1.29 is 17.9 Å². The zero-order valence-corrected chi connectivity index (χ0v) is 17.2. The van der Waals surface area contributed by atoms with Gasteiger partial charge >= 0.3 is 0 Å². The third-order valence-corrected chi connectivity index (χ3v) is 6.80. The van der Waals surface area contributed by atoms with Crippen molar-refractivity contribution in [3.05, 3.63) is 59.1 Å². The van der Waals surface area contributed by atoms with Crippen molar-refractivity contribution in [3.8, 4) is 5.75 Å². The van der Waals surface area contributed by atoms with Gasteiger partial charge < -0.3 is 10.1 Å². The van der Waals surface area contributed by atoms with E-state index in [-0.39, 0.29) is 10.8 Å². The molecule has 1 N–H and O–H groups in total. The molecule has 8 heteroatoms. The van der Waals surface area contributed by atoms with E-state index in [2.05, 4.69) is 5.32 Å². The van der Waals surface area contributed by atoms with Gasteiger partial charge in [0.2, 0.25) is 15.9 Å². The average molecular weight is 423 g/mol. The molecule has 0 aromatic heterocycles. The number of rotatable bonds is 7. The minimum Gasteiger partial charge on any atom is -0.494 e. The number of carbonyl (C=O) groups is 1. The number of nitrogens with one attached hydrogen (secondary N) is 1. The predicted octanol–water partition coefficient (Wildman–Crippen LogP) is 3.21. The molecule has 0 aliphatic carbocycles. The van der Waals surface area contributed by atoms with E-state index in [0.29, 0.717) is 37.6 Å². The Balaban J connectivity index is 1.66. The molecule has 1 fully saturated rings. The summed E-state index contributed by atoms with van der Waals surface area (Å²) < 4.78 is 32.5. The Morgan fingerprint density at radius 2 is 1.86 bits per heavy atom. The maximum atomic E-state index is 12.9. The first kappa shape index (κ1) is 20.6. The van der Waals surface area contributed by atoms with E-state index < -0.39 is 16.1 Å². The highest BCUT2D eigenvalue weighted by Crippen LogP contribution is 2.27. The number of amides is 1. The Kier molecular flexibility index (Phi) is 6.59. The lowest BCUT2D eigenvalue weighted by molar-refractivity contribution is -0.124. The molecule has 0 radical (unpaired) electrons. The van der Waals surface area contributed by atoms with Crippen molar-refractivity contribution in [3.63, 3.8) is 0 Å². The van der Waals surface area contributed by atoms with Gasteiger partial charge in [-0.05, 0) is 61.7 Å². The summed E-state index contributed by atoms with van der Waals surface area (Å²) in [6.07, 6.45) is 1.15. The SMILES string of the molecule is CCOc1ccc(CNC(=O)[C@H]2CCCN2S(=O)(=O)c2ccc(Cl)cc2)cc1. The molecule has 0 bridgehead atoms. The fourth-order valence-corrected chi connectivity index (χ4v) is 4.99. The number of carbonyl (C=O) groups excluding carboxylic acids is 1. The van der Waals surface area contributed by atoms with Gasteiger partial charge in [-0.2, -0.15) is 4.31 Å². The molecule has 1 atom stereocenters. The molecule has 6 nitrogen and oxygen atoms in total. The highest BCUT2D eigenvalue weighted by Gasteiger charge is 2.39. The van der Waals surface area contributed by atoms with E-state index in [1.807, 2.05) is 31.2 Å². The molecule has 3 rings (SSSR count). The van der Waals surface area contributed by atoms with E-state index in [9.17, 15) is 13.2 Å². The van der Waals surface area contributed by atoms with Crippen LogP contribution in [0.25, 0.3) is 0 Å². The fraction of sp³-hybridized carbons (Fsp3) is 0.350. The highest BCUT2D eigenvalue weighted by atomic mass is 35.5. The van der Waals surface area contributed by atoms with Crippen LogP contribution < -0.4 is 10.1 Å². The monoisotopic (exact) mass is 422 g/mol. The molecule has 1 heterocycles. The van der Waals surface area contributed by atoms with Gasteiger partial charge in [-0.3, -0.25) is 4.79 Å². The van der Waals surface area contributed by atoms with Crippen molar-refractivity contribution in [2.24, 2.45) is 0 Å². The van der Waals surface area contributed by atoms with Crippen LogP contribution in [0.2, 0.25) is 5.02 Å². The largest absolute Gasteiger partial charge is 0.494 e. The molecule has 0 saturated carbocycles. The normalized spacial score (nSPS) is 17.4. The van der Waals surface area contributed by atoms with Crippen LogP contribution in [0.3, 0.4) is 0 Å². The van der Waals surface area contributed by atoms with Gasteiger partial charge in [-0.25, -0.2) is 8.42 Å². The lowest BCUT2D eigenvalue weighted by atomic mass is 10.2. The van der Waals surface area contributed by atoms with Crippen molar-refractivity contribution >= 4 is 27.5 Å². The molecule has 1 saturated heterocycles. The first-order chi connectivity index (χ1) is 13.4. The van der Waals surface area contributed by atoms with Crippen LogP contribution in [0.1, 0.15) is 25.3 Å². The average Bonchev–Trinajstić information content (AvgIpc) is 3.19. The van der Waals surface area contributed by atoms with E-state index in [0.717, 1.165) is 11.3 Å². The number of hydrogen-bond donors (Lipinski definition) is 1. The van der Waals surface area contributed by atoms with Crippen LogP contribution in [0.4, 0.5) is 0 Å². The molecule has 1 amide bonds. The second-order valence-electron chi connectivity index (χ2n) is 6.52. The minimum atomic E-state index is -3.75. The van der Waals surface area contributed by atoms with Gasteiger partial charge in [-0.15, -0.1) is 0 Å². The maximum Gasteiger partial charge on any atom is 0.243 e. The molecule has 1 aliphatic rings. The minimum absolute atomic E-state index is 0.142. The molecular weight excluding hydrogens is 400 g/mol. The van der Waals surface area contributed by atoms with Crippen LogP contribution >= 0.6 is 11.6 Å². The van der Waals surface area contributed by atoms with Gasteiger partial charge in [0.25, 0.3) is 0 Å². The molecule has 2 aromatic carbocycles. The third kappa shape index (κ3) is 4.66. The molecule has 0 spiro atoms. The van der Waals surface area contributed by atoms with Crippen molar-refractivity contribution in [2.45, 2.75) is 37.2 Å². The molecule has 0 unspecified atom stereocenters. The summed E-state index contributed by atoms with van der Waals surface area (Å²) in [5.74, 6) is 0.484. The summed E-state index contributed by atoms with van der Waals surface area (Å²) in [6.45, 7) is 3.16. The summed E-state index contributed by atoms with van der Waals surface area (Å²) in [5.41, 5.74) is 0.918. The lowest BCUT2D eigenvalue weighted by Gasteiger charge is -2.23. The molecule has 150 valence electrons. The number of sulfonamides is 1. The lowest BCUT2D eigenvalue weighted by Crippen LogP contribution is -2.45. The van der Waals surface area contributed by atoms with Gasteiger partial charge in [0, 0.05) is 18.1 Å². The van der Waals surface area contributed by atoms with Gasteiger partial charge in [0.15, 0.2) is 0 Å². The van der Waals surface area contributed by atoms with E-state index in [1.54, 1.807) is 0 Å². The summed E-state index contributed by atoms with van der Waals surface area (Å²) in [5, 5.41) is 3.31. The first-order valence-corrected chi connectivity index (χ1v) is 11.0. The first-order valence-electron chi connectivity index (χ1n) is 9.18. The van der Waals surface area contributed by atoms with Gasteiger partial charge in [0.05, 0.1) is 11.5 Å². The summed E-state index contributed by atoms with van der Waals surface area (Å²) >= 11 is 5.85. The number of nitrogens with zero attached hydrogens (tertiary/aromatic N) is 1. The zero-order valence-electron chi connectivity index (χ0n) is 15.6. The number of ether oxygens (including phenoxy) is 1. The number of halogens is 1. The van der Waals surface area contributed by atoms with E-state index in [1.165, 1.54) is 28.6 Å². The number of hydrogen-bond acceptors (Lipinski definition) is 4. The number of benzene rings is 2. The Labute approximate surface area is 170 Å². The Hall–Kier alpha value is -2.09. The van der Waals surface area contributed by atoms with Crippen LogP contribution in [0, 0.1) is 0 Å². The summed E-state index contributed by atoms with van der Waals surface area (Å²) in [6, 6.07) is 12.7. The van der Waals surface area contributed by atoms with Crippen molar-refractivity contribution in [1.82, 2.24) is 9.62 Å². The summed E-state index contributed by atoms with van der Waals surface area (Å²) in [4.78, 5) is 12.8. The van der Waals surface area contributed by atoms with E-state index >= 15 is 0 Å². The molecular formula is C20H23ClN2O4S. The van der Waals surface area contributed by atoms with E-state index in [4.69, 9.17) is 16.3 Å². The van der Waals surface area contributed by atoms with Crippen molar-refractivity contribution in [1.29, 1.82) is 0 Å². The van der Waals surface area contributed by atoms with Gasteiger partial charge in [0.1, 0.15) is 11.8 Å². The third-order valence-electron chi connectivity index (χ3n) is 4.63. The Morgan fingerprint density at radius 3 is 2.50 bits per heavy atom. The van der Waals surface area contributed by atoms with Crippen LogP contribution in [-0.2, 0) is 21.4 Å². The second-order valence-corrected chi connectivity index (χ2v) is 8.85. The maximum absolute atomic E-state index is 12.9. The predicted molar refractivity (Wildman–Crippen MR) is 108 cm³/mol. The summed E-state index contributed by atoms with van der Waals surface area (Å²) in [7, 11) is -3.75. The zero-order chi connectivity index (χ0) is 20.1. The second kappa shape index (κ2) is 8.94. The molecule has 2 aromatic rings. The standard InChI is InChI=1S/C20H23ClN2O4S/c1-2-27-17-9-5-15(6-10-17)14-22-20(24)19-4-3-13-23(19)28(25,26)18-11-7-16(21)8-12-18/h5-12,19H,2-4,13-14H2,1H3,(H,22,24)/t19-/m1/s1. The smallest absolute Gasteiger partial charge is 0.243 e. The van der Waals surface area contributed by atoms with Crippen LogP contribution in [0.15, 0.2) is 53.4 Å². The van der Waals surface area contributed by atoms with Crippen LogP contribution in [-0.4, -0.2) is 37.8 Å². The van der Waals surface area contributed by atoms with Gasteiger partial charge in [-0.1, -0.05) is 23.7 Å². The Bertz CT molecular complexity index is 914. The molecule has 28 heavy (non-hydrogen) atoms. The van der Waals surface area contributed by atoms with Crippen LogP contribution in [0.5, 0.6) is 5.75 Å². The fourth-order valence-electron chi connectivity index (χ4n) is 3.21.